The minimum Gasteiger partial charge on any atom is -0.348 e. The standard InChI is InChI=1S/C17H23N7O2/c1-21(2)16(25)11-22-8-12-3-4-14(10-22)23(9-12)17(26)13-5-6-24-15(7-13)18-19-20-24/h5-7,12,14H,3-4,8-11H2,1-2H3/t12-,14+/m1/s1. The number of rotatable bonds is 3. The average molecular weight is 357 g/mol. The molecule has 3 saturated heterocycles. The molecule has 0 aromatic carbocycles. The van der Waals surface area contributed by atoms with Crippen molar-refractivity contribution in [2.75, 3.05) is 40.3 Å². The topological polar surface area (TPSA) is 86.9 Å². The number of carbonyl (C=O) groups excluding carboxylic acids is 2. The van der Waals surface area contributed by atoms with Gasteiger partial charge in [0.05, 0.1) is 6.54 Å². The number of fused-ring (bicyclic) bond motifs is 5. The van der Waals surface area contributed by atoms with E-state index < -0.39 is 0 Å². The minimum atomic E-state index is 0.0194. The molecule has 138 valence electrons. The number of amides is 2. The zero-order valence-corrected chi connectivity index (χ0v) is 15.1. The van der Waals surface area contributed by atoms with Crippen molar-refractivity contribution < 1.29 is 9.59 Å². The highest BCUT2D eigenvalue weighted by Gasteiger charge is 2.38. The molecule has 0 radical (unpaired) electrons. The van der Waals surface area contributed by atoms with E-state index in [0.29, 0.717) is 23.7 Å². The summed E-state index contributed by atoms with van der Waals surface area (Å²) >= 11 is 0. The van der Waals surface area contributed by atoms with Gasteiger partial charge in [0.15, 0.2) is 5.65 Å². The Morgan fingerprint density at radius 2 is 2.08 bits per heavy atom. The fraction of sp³-hybridized carbons (Fsp3) is 0.588. The zero-order chi connectivity index (χ0) is 18.3. The quantitative estimate of drug-likeness (QED) is 0.753. The summed E-state index contributed by atoms with van der Waals surface area (Å²) in [6, 6.07) is 3.63. The Morgan fingerprint density at radius 3 is 2.88 bits per heavy atom. The van der Waals surface area contributed by atoms with E-state index in [2.05, 4.69) is 20.4 Å². The van der Waals surface area contributed by atoms with E-state index in [1.807, 2.05) is 4.90 Å². The van der Waals surface area contributed by atoms with Crippen LogP contribution in [0.25, 0.3) is 5.65 Å². The van der Waals surface area contributed by atoms with Gasteiger partial charge in [-0.1, -0.05) is 0 Å². The van der Waals surface area contributed by atoms with Gasteiger partial charge in [0.1, 0.15) is 0 Å². The van der Waals surface area contributed by atoms with E-state index in [4.69, 9.17) is 0 Å². The fourth-order valence-corrected chi connectivity index (χ4v) is 3.93. The molecule has 0 aliphatic carbocycles. The normalized spacial score (nSPS) is 23.2. The van der Waals surface area contributed by atoms with Gasteiger partial charge in [-0.15, -0.1) is 5.10 Å². The van der Waals surface area contributed by atoms with Crippen molar-refractivity contribution in [1.29, 1.82) is 0 Å². The predicted molar refractivity (Wildman–Crippen MR) is 93.5 cm³/mol. The fourth-order valence-electron chi connectivity index (χ4n) is 3.93. The van der Waals surface area contributed by atoms with E-state index in [9.17, 15) is 9.59 Å². The van der Waals surface area contributed by atoms with Crippen LogP contribution >= 0.6 is 0 Å². The van der Waals surface area contributed by atoms with Gasteiger partial charge in [-0.05, 0) is 41.3 Å². The Kier molecular flexibility index (Phi) is 4.31. The zero-order valence-electron chi connectivity index (χ0n) is 15.1. The highest BCUT2D eigenvalue weighted by Crippen LogP contribution is 2.29. The third kappa shape index (κ3) is 3.14. The lowest BCUT2D eigenvalue weighted by Crippen LogP contribution is -2.47. The Bertz CT molecular complexity index is 833. The maximum Gasteiger partial charge on any atom is 0.254 e. The van der Waals surface area contributed by atoms with E-state index >= 15 is 0 Å². The molecule has 9 nitrogen and oxygen atoms in total. The van der Waals surface area contributed by atoms with Gasteiger partial charge in [-0.25, -0.2) is 4.52 Å². The van der Waals surface area contributed by atoms with Crippen molar-refractivity contribution in [1.82, 2.24) is 34.7 Å². The molecule has 3 aliphatic heterocycles. The average Bonchev–Trinajstić information content (AvgIpc) is 2.93. The van der Waals surface area contributed by atoms with Crippen molar-refractivity contribution in [3.8, 4) is 0 Å². The Labute approximate surface area is 151 Å². The Balaban J connectivity index is 1.52. The lowest BCUT2D eigenvalue weighted by atomic mass is 9.94. The number of likely N-dealkylation sites (N-methyl/N-ethyl adjacent to an activating group) is 1. The largest absolute Gasteiger partial charge is 0.348 e. The van der Waals surface area contributed by atoms with Gasteiger partial charge < -0.3 is 9.80 Å². The van der Waals surface area contributed by atoms with Crippen LogP contribution in [0.5, 0.6) is 0 Å². The molecule has 2 aromatic rings. The molecule has 3 fully saturated rings. The lowest BCUT2D eigenvalue weighted by Gasteiger charge is -2.36. The van der Waals surface area contributed by atoms with Crippen LogP contribution in [0.4, 0.5) is 0 Å². The van der Waals surface area contributed by atoms with Crippen LogP contribution in [0.2, 0.25) is 0 Å². The number of piperidine rings is 1. The first kappa shape index (κ1) is 16.9. The summed E-state index contributed by atoms with van der Waals surface area (Å²) in [7, 11) is 3.56. The summed E-state index contributed by atoms with van der Waals surface area (Å²) in [4.78, 5) is 31.0. The summed E-state index contributed by atoms with van der Waals surface area (Å²) in [5, 5.41) is 11.4. The van der Waals surface area contributed by atoms with Crippen molar-refractivity contribution in [3.05, 3.63) is 23.9 Å². The van der Waals surface area contributed by atoms with Gasteiger partial charge in [-0.2, -0.15) is 0 Å². The van der Waals surface area contributed by atoms with Gasteiger partial charge in [0, 0.05) is 51.5 Å². The van der Waals surface area contributed by atoms with Gasteiger partial charge in [-0.3, -0.25) is 14.5 Å². The molecule has 5 heterocycles. The Morgan fingerprint density at radius 1 is 1.23 bits per heavy atom. The first-order valence-corrected chi connectivity index (χ1v) is 8.92. The first-order chi connectivity index (χ1) is 12.5. The van der Waals surface area contributed by atoms with Crippen LogP contribution in [0.15, 0.2) is 18.3 Å². The number of tetrazole rings is 1. The van der Waals surface area contributed by atoms with Crippen LogP contribution in [0, 0.1) is 5.92 Å². The molecule has 3 aliphatic rings. The van der Waals surface area contributed by atoms with E-state index in [0.717, 1.165) is 32.5 Å². The second kappa shape index (κ2) is 6.64. The smallest absolute Gasteiger partial charge is 0.254 e. The van der Waals surface area contributed by atoms with Crippen LogP contribution in [-0.4, -0.2) is 92.9 Å². The number of pyridine rings is 1. The molecule has 2 amide bonds. The number of carbonyl (C=O) groups is 2. The van der Waals surface area contributed by atoms with Crippen LogP contribution in [0.3, 0.4) is 0 Å². The first-order valence-electron chi connectivity index (χ1n) is 8.92. The third-order valence-electron chi connectivity index (χ3n) is 5.35. The molecule has 2 bridgehead atoms. The molecule has 0 saturated carbocycles. The molecule has 0 N–H and O–H groups in total. The van der Waals surface area contributed by atoms with Gasteiger partial charge in [0.2, 0.25) is 5.91 Å². The Hall–Kier alpha value is -2.55. The summed E-state index contributed by atoms with van der Waals surface area (Å²) < 4.78 is 1.54. The van der Waals surface area contributed by atoms with E-state index in [-0.39, 0.29) is 17.9 Å². The molecule has 0 unspecified atom stereocenters. The van der Waals surface area contributed by atoms with Gasteiger partial charge in [0.25, 0.3) is 5.91 Å². The van der Waals surface area contributed by atoms with Crippen LogP contribution < -0.4 is 0 Å². The molecule has 2 atom stereocenters. The van der Waals surface area contributed by atoms with Crippen LogP contribution in [-0.2, 0) is 4.79 Å². The maximum atomic E-state index is 13.1. The van der Waals surface area contributed by atoms with Crippen LogP contribution in [0.1, 0.15) is 23.2 Å². The molecule has 9 heteroatoms. The van der Waals surface area contributed by atoms with Crippen molar-refractivity contribution >= 4 is 17.5 Å². The molecule has 0 spiro atoms. The summed E-state index contributed by atoms with van der Waals surface area (Å²) in [6.07, 6.45) is 3.80. The lowest BCUT2D eigenvalue weighted by molar-refractivity contribution is -0.129. The number of aromatic nitrogens is 4. The number of hydrogen-bond acceptors (Lipinski definition) is 6. The molecular weight excluding hydrogens is 334 g/mol. The highest BCUT2D eigenvalue weighted by molar-refractivity contribution is 5.95. The second-order valence-electron chi connectivity index (χ2n) is 7.43. The minimum absolute atomic E-state index is 0.0194. The van der Waals surface area contributed by atoms with Crippen molar-refractivity contribution in [2.45, 2.75) is 18.9 Å². The maximum absolute atomic E-state index is 13.1. The third-order valence-corrected chi connectivity index (χ3v) is 5.35. The summed E-state index contributed by atoms with van der Waals surface area (Å²) in [5.74, 6) is 0.533. The summed E-state index contributed by atoms with van der Waals surface area (Å²) in [5.41, 5.74) is 1.17. The van der Waals surface area contributed by atoms with Crippen molar-refractivity contribution in [2.24, 2.45) is 5.92 Å². The number of hydrogen-bond donors (Lipinski definition) is 0. The SMILES string of the molecule is CN(C)C(=O)CN1C[C@H]2CC[C@@H](C1)N(C(=O)c1ccn3nnnc3c1)C2. The number of nitrogens with zero attached hydrogens (tertiary/aromatic N) is 7. The molecule has 26 heavy (non-hydrogen) atoms. The predicted octanol–water partition coefficient (Wildman–Crippen LogP) is -0.251. The molecular formula is C17H23N7O2. The highest BCUT2D eigenvalue weighted by atomic mass is 16.2. The monoisotopic (exact) mass is 357 g/mol. The second-order valence-corrected chi connectivity index (χ2v) is 7.43. The summed E-state index contributed by atoms with van der Waals surface area (Å²) in [6.45, 7) is 2.77. The molecule has 5 rings (SSSR count). The van der Waals surface area contributed by atoms with E-state index in [1.165, 1.54) is 0 Å². The van der Waals surface area contributed by atoms with E-state index in [1.54, 1.807) is 41.8 Å². The van der Waals surface area contributed by atoms with Crippen molar-refractivity contribution in [3.63, 3.8) is 0 Å². The van der Waals surface area contributed by atoms with Gasteiger partial charge >= 0.3 is 0 Å². The molecule has 2 aromatic heterocycles.